The molecule has 0 saturated carbocycles. The van der Waals surface area contributed by atoms with E-state index in [9.17, 15) is 4.79 Å². The summed E-state index contributed by atoms with van der Waals surface area (Å²) in [5.74, 6) is 0.696. The van der Waals surface area contributed by atoms with E-state index in [4.69, 9.17) is 0 Å². The SMILES string of the molecule is CCN(C(=O)c1cc(C)nc(NC)c1)c1ccc(C)cc1. The second-order valence-electron chi connectivity index (χ2n) is 5.02. The van der Waals surface area contributed by atoms with Crippen LogP contribution in [0.3, 0.4) is 0 Å². The van der Waals surface area contributed by atoms with Gasteiger partial charge in [0.25, 0.3) is 5.91 Å². The molecule has 1 N–H and O–H groups in total. The van der Waals surface area contributed by atoms with E-state index in [1.54, 1.807) is 18.0 Å². The molecule has 0 atom stereocenters. The average molecular weight is 283 g/mol. The molecule has 0 saturated heterocycles. The highest BCUT2D eigenvalue weighted by Crippen LogP contribution is 2.19. The lowest BCUT2D eigenvalue weighted by atomic mass is 10.1. The minimum atomic E-state index is -0.0108. The Morgan fingerprint density at radius 1 is 1.19 bits per heavy atom. The van der Waals surface area contributed by atoms with Gasteiger partial charge in [-0.3, -0.25) is 4.79 Å². The predicted octanol–water partition coefficient (Wildman–Crippen LogP) is 3.41. The van der Waals surface area contributed by atoms with Gasteiger partial charge in [-0.05, 0) is 45.0 Å². The Kier molecular flexibility index (Phi) is 4.58. The van der Waals surface area contributed by atoms with Crippen molar-refractivity contribution in [2.75, 3.05) is 23.8 Å². The molecule has 0 spiro atoms. The first-order valence-corrected chi connectivity index (χ1v) is 7.10. The van der Waals surface area contributed by atoms with E-state index in [1.807, 2.05) is 51.1 Å². The van der Waals surface area contributed by atoms with Crippen molar-refractivity contribution in [3.05, 3.63) is 53.2 Å². The van der Waals surface area contributed by atoms with Gasteiger partial charge in [0.1, 0.15) is 5.82 Å². The molecule has 0 fully saturated rings. The van der Waals surface area contributed by atoms with Crippen LogP contribution in [0.1, 0.15) is 28.5 Å². The first kappa shape index (κ1) is 15.0. The van der Waals surface area contributed by atoms with Crippen LogP contribution in [-0.2, 0) is 0 Å². The number of amides is 1. The number of aryl methyl sites for hydroxylation is 2. The van der Waals surface area contributed by atoms with Crippen LogP contribution in [0.2, 0.25) is 0 Å². The first-order chi connectivity index (χ1) is 10.0. The Morgan fingerprint density at radius 3 is 2.43 bits per heavy atom. The standard InChI is InChI=1S/C17H21N3O/c1-5-20(15-8-6-12(2)7-9-15)17(21)14-10-13(3)19-16(11-14)18-4/h6-11H,5H2,1-4H3,(H,18,19). The maximum Gasteiger partial charge on any atom is 0.258 e. The van der Waals surface area contributed by atoms with Gasteiger partial charge in [-0.25, -0.2) is 4.98 Å². The zero-order valence-corrected chi connectivity index (χ0v) is 13.0. The van der Waals surface area contributed by atoms with Crippen molar-refractivity contribution in [1.82, 2.24) is 4.98 Å². The van der Waals surface area contributed by atoms with Crippen LogP contribution >= 0.6 is 0 Å². The molecule has 21 heavy (non-hydrogen) atoms. The van der Waals surface area contributed by atoms with E-state index in [0.29, 0.717) is 17.9 Å². The van der Waals surface area contributed by atoms with Gasteiger partial charge in [-0.15, -0.1) is 0 Å². The molecule has 110 valence electrons. The Bertz CT molecular complexity index is 635. The van der Waals surface area contributed by atoms with E-state index >= 15 is 0 Å². The average Bonchev–Trinajstić information content (AvgIpc) is 2.49. The molecular formula is C17H21N3O. The van der Waals surface area contributed by atoms with Crippen LogP contribution < -0.4 is 10.2 Å². The summed E-state index contributed by atoms with van der Waals surface area (Å²) < 4.78 is 0. The molecule has 2 rings (SSSR count). The lowest BCUT2D eigenvalue weighted by Gasteiger charge is -2.21. The molecule has 1 aromatic carbocycles. The number of pyridine rings is 1. The summed E-state index contributed by atoms with van der Waals surface area (Å²) in [5.41, 5.74) is 3.56. The van der Waals surface area contributed by atoms with Crippen molar-refractivity contribution < 1.29 is 4.79 Å². The third-order valence-corrected chi connectivity index (χ3v) is 3.36. The number of rotatable bonds is 4. The predicted molar refractivity (Wildman–Crippen MR) is 87.1 cm³/mol. The molecule has 1 aromatic heterocycles. The Balaban J connectivity index is 2.36. The van der Waals surface area contributed by atoms with Crippen molar-refractivity contribution in [3.63, 3.8) is 0 Å². The lowest BCUT2D eigenvalue weighted by molar-refractivity contribution is 0.0988. The fourth-order valence-corrected chi connectivity index (χ4v) is 2.24. The quantitative estimate of drug-likeness (QED) is 0.935. The highest BCUT2D eigenvalue weighted by atomic mass is 16.2. The van der Waals surface area contributed by atoms with Crippen molar-refractivity contribution in [2.45, 2.75) is 20.8 Å². The molecule has 1 heterocycles. The van der Waals surface area contributed by atoms with Crippen molar-refractivity contribution >= 4 is 17.4 Å². The number of carbonyl (C=O) groups is 1. The van der Waals surface area contributed by atoms with Gasteiger partial charge in [-0.1, -0.05) is 17.7 Å². The second kappa shape index (κ2) is 6.39. The lowest BCUT2D eigenvalue weighted by Crippen LogP contribution is -2.30. The van der Waals surface area contributed by atoms with Crippen LogP contribution in [0.25, 0.3) is 0 Å². The fraction of sp³-hybridized carbons (Fsp3) is 0.294. The maximum absolute atomic E-state index is 12.8. The van der Waals surface area contributed by atoms with Crippen LogP contribution in [0.15, 0.2) is 36.4 Å². The van der Waals surface area contributed by atoms with Crippen LogP contribution in [-0.4, -0.2) is 24.5 Å². The number of aromatic nitrogens is 1. The third kappa shape index (κ3) is 3.40. The normalized spacial score (nSPS) is 10.3. The molecule has 0 bridgehead atoms. The number of hydrogen-bond donors (Lipinski definition) is 1. The summed E-state index contributed by atoms with van der Waals surface area (Å²) in [5, 5.41) is 2.99. The summed E-state index contributed by atoms with van der Waals surface area (Å²) in [7, 11) is 1.80. The van der Waals surface area contributed by atoms with E-state index in [2.05, 4.69) is 10.3 Å². The zero-order chi connectivity index (χ0) is 15.4. The van der Waals surface area contributed by atoms with Gasteiger partial charge in [0, 0.05) is 30.5 Å². The topological polar surface area (TPSA) is 45.2 Å². The van der Waals surface area contributed by atoms with Gasteiger partial charge >= 0.3 is 0 Å². The summed E-state index contributed by atoms with van der Waals surface area (Å²) in [6.45, 7) is 6.52. The summed E-state index contributed by atoms with van der Waals surface area (Å²) in [4.78, 5) is 18.8. The van der Waals surface area contributed by atoms with Gasteiger partial charge in [0.05, 0.1) is 0 Å². The number of nitrogens with zero attached hydrogens (tertiary/aromatic N) is 2. The number of carbonyl (C=O) groups excluding carboxylic acids is 1. The molecule has 0 aliphatic carbocycles. The maximum atomic E-state index is 12.8. The number of hydrogen-bond acceptors (Lipinski definition) is 3. The van der Waals surface area contributed by atoms with Crippen LogP contribution in [0.4, 0.5) is 11.5 Å². The molecule has 1 amide bonds. The van der Waals surface area contributed by atoms with E-state index < -0.39 is 0 Å². The molecule has 0 radical (unpaired) electrons. The zero-order valence-electron chi connectivity index (χ0n) is 13.0. The minimum Gasteiger partial charge on any atom is -0.373 e. The number of benzene rings is 1. The van der Waals surface area contributed by atoms with Gasteiger partial charge in [0.15, 0.2) is 0 Å². The van der Waals surface area contributed by atoms with E-state index in [-0.39, 0.29) is 5.91 Å². The van der Waals surface area contributed by atoms with E-state index in [0.717, 1.165) is 11.4 Å². The van der Waals surface area contributed by atoms with Gasteiger partial charge in [0.2, 0.25) is 0 Å². The fourth-order valence-electron chi connectivity index (χ4n) is 2.24. The third-order valence-electron chi connectivity index (χ3n) is 3.36. The van der Waals surface area contributed by atoms with Gasteiger partial charge in [-0.2, -0.15) is 0 Å². The highest BCUT2D eigenvalue weighted by Gasteiger charge is 2.17. The summed E-state index contributed by atoms with van der Waals surface area (Å²) in [6, 6.07) is 11.6. The molecule has 4 heteroatoms. The summed E-state index contributed by atoms with van der Waals surface area (Å²) in [6.07, 6.45) is 0. The first-order valence-electron chi connectivity index (χ1n) is 7.10. The second-order valence-corrected chi connectivity index (χ2v) is 5.02. The molecule has 0 aliphatic rings. The number of nitrogens with one attached hydrogen (secondary N) is 1. The van der Waals surface area contributed by atoms with Crippen LogP contribution in [0, 0.1) is 13.8 Å². The van der Waals surface area contributed by atoms with E-state index in [1.165, 1.54) is 5.56 Å². The van der Waals surface area contributed by atoms with Crippen LogP contribution in [0.5, 0.6) is 0 Å². The molecule has 0 unspecified atom stereocenters. The van der Waals surface area contributed by atoms with Crippen molar-refractivity contribution in [1.29, 1.82) is 0 Å². The summed E-state index contributed by atoms with van der Waals surface area (Å²) >= 11 is 0. The molecule has 2 aromatic rings. The molecular weight excluding hydrogens is 262 g/mol. The molecule has 0 aliphatic heterocycles. The monoisotopic (exact) mass is 283 g/mol. The highest BCUT2D eigenvalue weighted by molar-refractivity contribution is 6.06. The Morgan fingerprint density at radius 2 is 1.86 bits per heavy atom. The number of anilines is 2. The minimum absolute atomic E-state index is 0.0108. The Labute approximate surface area is 125 Å². The smallest absolute Gasteiger partial charge is 0.258 e. The largest absolute Gasteiger partial charge is 0.373 e. The van der Waals surface area contributed by atoms with Crippen molar-refractivity contribution in [2.24, 2.45) is 0 Å². The van der Waals surface area contributed by atoms with Crippen molar-refractivity contribution in [3.8, 4) is 0 Å². The van der Waals surface area contributed by atoms with Gasteiger partial charge < -0.3 is 10.2 Å². The Hall–Kier alpha value is -2.36. The molecule has 4 nitrogen and oxygen atoms in total.